The molecule has 0 radical (unpaired) electrons. The van der Waals surface area contributed by atoms with Crippen molar-refractivity contribution in [3.63, 3.8) is 0 Å². The first kappa shape index (κ1) is 22.4. The van der Waals surface area contributed by atoms with Gasteiger partial charge in [0, 0.05) is 17.6 Å². The highest BCUT2D eigenvalue weighted by Crippen LogP contribution is 2.66. The van der Waals surface area contributed by atoms with Gasteiger partial charge in [0.25, 0.3) is 5.91 Å². The molecule has 5 heteroatoms. The Morgan fingerprint density at radius 1 is 1.06 bits per heavy atom. The zero-order valence-corrected chi connectivity index (χ0v) is 20.2. The highest BCUT2D eigenvalue weighted by Gasteiger charge is 2.59. The summed E-state index contributed by atoms with van der Waals surface area (Å²) in [5.74, 6) is 2.02. The molecule has 5 nitrogen and oxygen atoms in total. The van der Waals surface area contributed by atoms with Gasteiger partial charge in [0.1, 0.15) is 0 Å². The highest BCUT2D eigenvalue weighted by molar-refractivity contribution is 5.78. The Morgan fingerprint density at radius 2 is 1.74 bits per heavy atom. The van der Waals surface area contributed by atoms with E-state index >= 15 is 0 Å². The molecule has 0 spiro atoms. The second-order valence-electron chi connectivity index (χ2n) is 12.3. The van der Waals surface area contributed by atoms with Crippen LogP contribution >= 0.6 is 0 Å². The van der Waals surface area contributed by atoms with Crippen molar-refractivity contribution in [3.05, 3.63) is 23.8 Å². The quantitative estimate of drug-likeness (QED) is 0.653. The Kier molecular flexibility index (Phi) is 5.56. The van der Waals surface area contributed by atoms with Crippen LogP contribution in [-0.4, -0.2) is 30.7 Å². The van der Waals surface area contributed by atoms with Gasteiger partial charge in [-0.15, -0.1) is 0 Å². The topological polar surface area (TPSA) is 59.6 Å². The summed E-state index contributed by atoms with van der Waals surface area (Å²) in [7, 11) is 1.65. The number of amides is 1. The molecule has 0 aromatic heterocycles. The number of hydrogen-bond donors (Lipinski definition) is 2. The molecular weight excluding hydrogens is 388 g/mol. The Hall–Kier alpha value is -1.75. The number of nitrogens with one attached hydrogen (secondary N) is 2. The van der Waals surface area contributed by atoms with Crippen molar-refractivity contribution in [2.24, 2.45) is 16.7 Å². The van der Waals surface area contributed by atoms with E-state index in [9.17, 15) is 4.79 Å². The lowest BCUT2D eigenvalue weighted by Gasteiger charge is -2.65. The van der Waals surface area contributed by atoms with Crippen molar-refractivity contribution in [2.45, 2.75) is 90.8 Å². The summed E-state index contributed by atoms with van der Waals surface area (Å²) in [6.07, 6.45) is 8.13. The van der Waals surface area contributed by atoms with Crippen LogP contribution in [0.1, 0.15) is 78.7 Å². The lowest BCUT2D eigenvalue weighted by molar-refractivity contribution is -0.124. The number of rotatable bonds is 7. The molecule has 0 aliphatic heterocycles. The van der Waals surface area contributed by atoms with Crippen LogP contribution in [0.2, 0.25) is 0 Å². The van der Waals surface area contributed by atoms with Gasteiger partial charge in [-0.05, 0) is 93.7 Å². The van der Waals surface area contributed by atoms with E-state index in [1.165, 1.54) is 44.1 Å². The minimum Gasteiger partial charge on any atom is -0.493 e. The molecule has 4 saturated carbocycles. The predicted molar refractivity (Wildman–Crippen MR) is 123 cm³/mol. The van der Waals surface area contributed by atoms with E-state index in [1.807, 2.05) is 32.9 Å². The second kappa shape index (κ2) is 7.68. The summed E-state index contributed by atoms with van der Waals surface area (Å²) in [5, 5.41) is 6.89. The molecule has 0 unspecified atom stereocenters. The second-order valence-corrected chi connectivity index (χ2v) is 12.3. The van der Waals surface area contributed by atoms with E-state index in [4.69, 9.17) is 9.47 Å². The summed E-state index contributed by atoms with van der Waals surface area (Å²) >= 11 is 0. The largest absolute Gasteiger partial charge is 0.493 e. The molecule has 4 bridgehead atoms. The highest BCUT2D eigenvalue weighted by atomic mass is 16.5. The first-order chi connectivity index (χ1) is 14.4. The van der Waals surface area contributed by atoms with Gasteiger partial charge in [0.05, 0.1) is 7.11 Å². The van der Waals surface area contributed by atoms with Crippen LogP contribution in [0.25, 0.3) is 0 Å². The summed E-state index contributed by atoms with van der Waals surface area (Å²) < 4.78 is 11.3. The number of carbonyl (C=O) groups is 1. The molecule has 2 N–H and O–H groups in total. The number of hydrogen-bond acceptors (Lipinski definition) is 4. The van der Waals surface area contributed by atoms with Gasteiger partial charge in [0.15, 0.2) is 18.1 Å². The minimum absolute atomic E-state index is 0.0209. The number of ether oxygens (including phenoxy) is 2. The van der Waals surface area contributed by atoms with Gasteiger partial charge < -0.3 is 20.1 Å². The van der Waals surface area contributed by atoms with Crippen LogP contribution in [-0.2, 0) is 11.3 Å². The third kappa shape index (κ3) is 5.02. The minimum atomic E-state index is -0.272. The van der Waals surface area contributed by atoms with E-state index in [1.54, 1.807) is 7.11 Å². The molecule has 4 fully saturated rings. The van der Waals surface area contributed by atoms with Crippen molar-refractivity contribution in [3.8, 4) is 11.5 Å². The normalized spacial score (nSPS) is 33.9. The Balaban J connectivity index is 1.39. The molecule has 31 heavy (non-hydrogen) atoms. The smallest absolute Gasteiger partial charge is 0.258 e. The first-order valence-corrected chi connectivity index (χ1v) is 11.8. The molecule has 4 aliphatic rings. The zero-order chi connectivity index (χ0) is 22.5. The Bertz CT molecular complexity index is 826. The summed E-state index contributed by atoms with van der Waals surface area (Å²) in [4.78, 5) is 12.1. The number of benzene rings is 1. The van der Waals surface area contributed by atoms with Gasteiger partial charge in [-0.25, -0.2) is 0 Å². The van der Waals surface area contributed by atoms with E-state index in [2.05, 4.69) is 30.5 Å². The maximum Gasteiger partial charge on any atom is 0.258 e. The van der Waals surface area contributed by atoms with E-state index in [0.29, 0.717) is 22.3 Å². The van der Waals surface area contributed by atoms with Crippen molar-refractivity contribution in [1.82, 2.24) is 10.6 Å². The lowest BCUT2D eigenvalue weighted by atomic mass is 9.43. The SMILES string of the molecule is COc1cc(CNC23CC4C[C@@](C)(C2)C[C@@](C)(C4)C3)ccc1OCC(=O)NC(C)(C)C. The number of methoxy groups -OCH3 is 1. The van der Waals surface area contributed by atoms with Crippen LogP contribution in [0.4, 0.5) is 0 Å². The fourth-order valence-corrected chi connectivity index (χ4v) is 7.47. The third-order valence-electron chi connectivity index (χ3n) is 7.39. The van der Waals surface area contributed by atoms with Crippen LogP contribution in [0, 0.1) is 16.7 Å². The summed E-state index contributed by atoms with van der Waals surface area (Å²) in [5.41, 5.74) is 2.20. The summed E-state index contributed by atoms with van der Waals surface area (Å²) in [6, 6.07) is 6.03. The maximum absolute atomic E-state index is 12.1. The van der Waals surface area contributed by atoms with Crippen molar-refractivity contribution in [1.29, 1.82) is 0 Å². The lowest BCUT2D eigenvalue weighted by Crippen LogP contribution is -2.63. The van der Waals surface area contributed by atoms with Crippen LogP contribution < -0.4 is 20.1 Å². The monoisotopic (exact) mass is 428 g/mol. The fourth-order valence-electron chi connectivity index (χ4n) is 7.47. The van der Waals surface area contributed by atoms with Gasteiger partial charge in [-0.2, -0.15) is 0 Å². The van der Waals surface area contributed by atoms with Crippen molar-refractivity contribution < 1.29 is 14.3 Å². The average Bonchev–Trinajstić information content (AvgIpc) is 2.60. The molecule has 0 heterocycles. The molecule has 1 aromatic carbocycles. The Morgan fingerprint density at radius 3 is 2.32 bits per heavy atom. The van der Waals surface area contributed by atoms with Crippen LogP contribution in [0.5, 0.6) is 11.5 Å². The van der Waals surface area contributed by atoms with Crippen LogP contribution in [0.15, 0.2) is 18.2 Å². The zero-order valence-electron chi connectivity index (χ0n) is 20.2. The average molecular weight is 429 g/mol. The molecule has 0 saturated heterocycles. The van der Waals surface area contributed by atoms with E-state index in [-0.39, 0.29) is 23.6 Å². The first-order valence-electron chi connectivity index (χ1n) is 11.8. The molecule has 1 aromatic rings. The van der Waals surface area contributed by atoms with Gasteiger partial charge in [-0.1, -0.05) is 19.9 Å². The van der Waals surface area contributed by atoms with Crippen LogP contribution in [0.3, 0.4) is 0 Å². The fraction of sp³-hybridized carbons (Fsp3) is 0.731. The van der Waals surface area contributed by atoms with Crippen molar-refractivity contribution in [2.75, 3.05) is 13.7 Å². The molecule has 2 atom stereocenters. The van der Waals surface area contributed by atoms with E-state index < -0.39 is 0 Å². The molecule has 4 aliphatic carbocycles. The van der Waals surface area contributed by atoms with E-state index in [0.717, 1.165) is 12.5 Å². The standard InChI is InChI=1S/C26H40N2O3/c1-23(2,3)28-22(29)14-31-20-8-7-18(9-21(20)30-6)13-27-26-12-19-10-24(4,16-26)15-25(5,11-19)17-26/h7-9,19,27H,10-17H2,1-6H3,(H,28,29)/t19?,24-,25-,26?/m1/s1. The third-order valence-corrected chi connectivity index (χ3v) is 7.39. The van der Waals surface area contributed by atoms with Crippen molar-refractivity contribution >= 4 is 5.91 Å². The number of carbonyl (C=O) groups excluding carboxylic acids is 1. The molecule has 5 rings (SSSR count). The molecular formula is C26H40N2O3. The summed E-state index contributed by atoms with van der Waals surface area (Å²) in [6.45, 7) is 11.7. The predicted octanol–water partition coefficient (Wildman–Crippen LogP) is 4.83. The van der Waals surface area contributed by atoms with Gasteiger partial charge in [-0.3, -0.25) is 4.79 Å². The van der Waals surface area contributed by atoms with Gasteiger partial charge >= 0.3 is 0 Å². The maximum atomic E-state index is 12.1. The molecule has 172 valence electrons. The Labute approximate surface area is 187 Å². The molecule has 1 amide bonds. The van der Waals surface area contributed by atoms with Gasteiger partial charge in [0.2, 0.25) is 0 Å².